The summed E-state index contributed by atoms with van der Waals surface area (Å²) in [4.78, 5) is 23.7. The number of halogens is 1. The van der Waals surface area contributed by atoms with Crippen molar-refractivity contribution >= 4 is 37.6 Å². The number of carboxylic acids is 1. The van der Waals surface area contributed by atoms with Crippen molar-refractivity contribution in [1.82, 2.24) is 5.32 Å². The van der Waals surface area contributed by atoms with Crippen LogP contribution in [0.4, 0.5) is 0 Å². The Morgan fingerprint density at radius 2 is 1.76 bits per heavy atom. The van der Waals surface area contributed by atoms with Crippen LogP contribution in [0.5, 0.6) is 0 Å². The molecule has 0 spiro atoms. The molecule has 25 heavy (non-hydrogen) atoms. The Morgan fingerprint density at radius 1 is 1.08 bits per heavy atom. The Kier molecular flexibility index (Phi) is 6.33. The molecule has 132 valence electrons. The van der Waals surface area contributed by atoms with Crippen molar-refractivity contribution in [2.75, 3.05) is 5.75 Å². The summed E-state index contributed by atoms with van der Waals surface area (Å²) in [6, 6.07) is 13.0. The van der Waals surface area contributed by atoms with E-state index < -0.39 is 27.8 Å². The van der Waals surface area contributed by atoms with Gasteiger partial charge in [0.2, 0.25) is 0 Å². The quantitative estimate of drug-likeness (QED) is 0.709. The number of hydrogen-bond acceptors (Lipinski definition) is 4. The predicted molar refractivity (Wildman–Crippen MR) is 96.1 cm³/mol. The van der Waals surface area contributed by atoms with Crippen LogP contribution in [0.1, 0.15) is 16.8 Å². The molecule has 0 bridgehead atoms. The highest BCUT2D eigenvalue weighted by Crippen LogP contribution is 2.14. The lowest BCUT2D eigenvalue weighted by atomic mass is 10.1. The Bertz CT molecular complexity index is 868. The lowest BCUT2D eigenvalue weighted by molar-refractivity contribution is -0.139. The molecule has 1 atom stereocenters. The van der Waals surface area contributed by atoms with Crippen molar-refractivity contribution < 1.29 is 23.1 Å². The zero-order valence-electron chi connectivity index (χ0n) is 13.1. The number of hydrogen-bond donors (Lipinski definition) is 2. The number of carbonyl (C=O) groups excluding carboxylic acids is 1. The highest BCUT2D eigenvalue weighted by molar-refractivity contribution is 9.10. The molecule has 0 aliphatic carbocycles. The molecule has 0 aliphatic rings. The summed E-state index contributed by atoms with van der Waals surface area (Å²) in [6.45, 7) is 0. The number of sulfone groups is 1. The molecule has 0 aromatic heterocycles. The van der Waals surface area contributed by atoms with Gasteiger partial charge in [-0.05, 0) is 36.8 Å². The van der Waals surface area contributed by atoms with Gasteiger partial charge >= 0.3 is 5.97 Å². The molecular formula is C17H16BrNO5S. The van der Waals surface area contributed by atoms with Gasteiger partial charge in [0.1, 0.15) is 6.04 Å². The molecule has 2 aromatic carbocycles. The topological polar surface area (TPSA) is 101 Å². The zero-order valence-corrected chi connectivity index (χ0v) is 15.5. The number of benzene rings is 2. The maximum atomic E-state index is 12.2. The van der Waals surface area contributed by atoms with E-state index in [1.54, 1.807) is 42.5 Å². The third-order valence-corrected chi connectivity index (χ3v) is 5.72. The van der Waals surface area contributed by atoms with Gasteiger partial charge in [0.25, 0.3) is 5.91 Å². The lowest BCUT2D eigenvalue weighted by Gasteiger charge is -2.15. The summed E-state index contributed by atoms with van der Waals surface area (Å²) in [5.74, 6) is -2.25. The van der Waals surface area contributed by atoms with Crippen molar-refractivity contribution in [2.45, 2.75) is 17.4 Å². The summed E-state index contributed by atoms with van der Waals surface area (Å²) >= 11 is 3.23. The number of rotatable bonds is 7. The number of aliphatic carboxylic acids is 1. The van der Waals surface area contributed by atoms with Gasteiger partial charge in [0.05, 0.1) is 10.6 Å². The molecule has 2 N–H and O–H groups in total. The number of amides is 1. The van der Waals surface area contributed by atoms with Gasteiger partial charge in [-0.1, -0.05) is 40.2 Å². The minimum absolute atomic E-state index is 0.123. The minimum Gasteiger partial charge on any atom is -0.480 e. The molecule has 0 aliphatic heterocycles. The maximum Gasteiger partial charge on any atom is 0.326 e. The normalized spacial score (nSPS) is 12.4. The molecule has 0 saturated heterocycles. The Balaban J connectivity index is 2.06. The van der Waals surface area contributed by atoms with Crippen LogP contribution in [-0.2, 0) is 14.6 Å². The molecule has 1 amide bonds. The summed E-state index contributed by atoms with van der Waals surface area (Å²) in [5.41, 5.74) is 0.284. The number of carboxylic acid groups (broad SMARTS) is 1. The Morgan fingerprint density at radius 3 is 2.36 bits per heavy atom. The summed E-state index contributed by atoms with van der Waals surface area (Å²) < 4.78 is 25.2. The average molecular weight is 426 g/mol. The fraction of sp³-hybridized carbons (Fsp3) is 0.176. The van der Waals surface area contributed by atoms with Gasteiger partial charge in [-0.25, -0.2) is 13.2 Å². The molecule has 0 saturated carbocycles. The standard InChI is InChI=1S/C17H16BrNO5S/c18-13-6-4-5-12(11-13)16(20)19-15(17(21)22)9-10-25(23,24)14-7-2-1-3-8-14/h1-8,11,15H,9-10H2,(H,19,20)(H,21,22)/t15-/m1/s1. The summed E-state index contributed by atoms with van der Waals surface area (Å²) in [7, 11) is -3.62. The van der Waals surface area contributed by atoms with Crippen LogP contribution in [0.3, 0.4) is 0 Å². The summed E-state index contributed by atoms with van der Waals surface area (Å²) in [6.07, 6.45) is -0.230. The van der Waals surface area contributed by atoms with Crippen molar-refractivity contribution in [3.8, 4) is 0 Å². The van der Waals surface area contributed by atoms with E-state index in [9.17, 15) is 23.1 Å². The van der Waals surface area contributed by atoms with E-state index in [0.29, 0.717) is 4.47 Å². The van der Waals surface area contributed by atoms with Crippen LogP contribution in [-0.4, -0.2) is 37.2 Å². The molecule has 0 fully saturated rings. The zero-order chi connectivity index (χ0) is 18.4. The molecule has 0 heterocycles. The lowest BCUT2D eigenvalue weighted by Crippen LogP contribution is -2.41. The summed E-state index contributed by atoms with van der Waals surface area (Å²) in [5, 5.41) is 11.6. The molecular weight excluding hydrogens is 410 g/mol. The monoisotopic (exact) mass is 425 g/mol. The van der Waals surface area contributed by atoms with E-state index in [1.807, 2.05) is 0 Å². The van der Waals surface area contributed by atoms with Crippen LogP contribution < -0.4 is 5.32 Å². The minimum atomic E-state index is -3.62. The van der Waals surface area contributed by atoms with Gasteiger partial charge in [-0.15, -0.1) is 0 Å². The van der Waals surface area contributed by atoms with Gasteiger partial charge in [-0.2, -0.15) is 0 Å². The van der Waals surface area contributed by atoms with Gasteiger partial charge < -0.3 is 10.4 Å². The second-order valence-corrected chi connectivity index (χ2v) is 8.32. The molecule has 0 radical (unpaired) electrons. The predicted octanol–water partition coefficient (Wildman–Crippen LogP) is 2.50. The molecule has 8 heteroatoms. The Labute approximate surface area is 153 Å². The molecule has 2 rings (SSSR count). The van der Waals surface area contributed by atoms with Crippen LogP contribution in [0.25, 0.3) is 0 Å². The molecule has 0 unspecified atom stereocenters. The van der Waals surface area contributed by atoms with E-state index in [1.165, 1.54) is 12.1 Å². The van der Waals surface area contributed by atoms with Crippen molar-refractivity contribution in [3.05, 3.63) is 64.6 Å². The average Bonchev–Trinajstić information content (AvgIpc) is 2.59. The van der Waals surface area contributed by atoms with E-state index >= 15 is 0 Å². The first-order valence-electron chi connectivity index (χ1n) is 7.36. The first-order valence-corrected chi connectivity index (χ1v) is 9.81. The van der Waals surface area contributed by atoms with Crippen LogP contribution in [0.15, 0.2) is 64.0 Å². The SMILES string of the molecule is O=C(N[C@H](CCS(=O)(=O)c1ccccc1)C(=O)O)c1cccc(Br)c1. The van der Waals surface area contributed by atoms with Crippen molar-refractivity contribution in [1.29, 1.82) is 0 Å². The highest BCUT2D eigenvalue weighted by Gasteiger charge is 2.24. The van der Waals surface area contributed by atoms with Crippen LogP contribution in [0.2, 0.25) is 0 Å². The Hall–Kier alpha value is -2.19. The number of carbonyl (C=O) groups is 2. The molecule has 6 nitrogen and oxygen atoms in total. The fourth-order valence-corrected chi connectivity index (χ4v) is 3.90. The van der Waals surface area contributed by atoms with Gasteiger partial charge in [0, 0.05) is 10.0 Å². The van der Waals surface area contributed by atoms with E-state index in [-0.39, 0.29) is 22.6 Å². The smallest absolute Gasteiger partial charge is 0.326 e. The van der Waals surface area contributed by atoms with E-state index in [0.717, 1.165) is 0 Å². The highest BCUT2D eigenvalue weighted by atomic mass is 79.9. The van der Waals surface area contributed by atoms with Gasteiger partial charge in [0.15, 0.2) is 9.84 Å². The van der Waals surface area contributed by atoms with Crippen molar-refractivity contribution in [2.24, 2.45) is 0 Å². The number of nitrogens with one attached hydrogen (secondary N) is 1. The van der Waals surface area contributed by atoms with E-state index in [2.05, 4.69) is 21.2 Å². The second-order valence-electron chi connectivity index (χ2n) is 5.30. The third-order valence-electron chi connectivity index (χ3n) is 3.47. The first kappa shape index (κ1) is 19.1. The van der Waals surface area contributed by atoms with Crippen LogP contribution >= 0.6 is 15.9 Å². The van der Waals surface area contributed by atoms with Crippen LogP contribution in [0, 0.1) is 0 Å². The first-order chi connectivity index (χ1) is 11.8. The van der Waals surface area contributed by atoms with E-state index in [4.69, 9.17) is 0 Å². The second kappa shape index (κ2) is 8.26. The third kappa shape index (κ3) is 5.40. The molecule has 2 aromatic rings. The maximum absolute atomic E-state index is 12.2. The largest absolute Gasteiger partial charge is 0.480 e. The van der Waals surface area contributed by atoms with Crippen molar-refractivity contribution in [3.63, 3.8) is 0 Å². The fourth-order valence-electron chi connectivity index (χ4n) is 2.15. The van der Waals surface area contributed by atoms with Gasteiger partial charge in [-0.3, -0.25) is 4.79 Å².